The van der Waals surface area contributed by atoms with Crippen molar-refractivity contribution in [1.29, 1.82) is 0 Å². The summed E-state index contributed by atoms with van der Waals surface area (Å²) in [6.45, 7) is 16.3. The zero-order valence-electron chi connectivity index (χ0n) is 25.6. The van der Waals surface area contributed by atoms with Gasteiger partial charge in [-0.25, -0.2) is 0 Å². The van der Waals surface area contributed by atoms with Crippen molar-refractivity contribution in [1.82, 2.24) is 0 Å². The molecule has 3 saturated carbocycles. The van der Waals surface area contributed by atoms with Crippen LogP contribution >= 0.6 is 0 Å². The van der Waals surface area contributed by atoms with E-state index in [4.69, 9.17) is 14.2 Å². The maximum absolute atomic E-state index is 12.4. The smallest absolute Gasteiger partial charge is 0.303 e. The van der Waals surface area contributed by atoms with Crippen molar-refractivity contribution in [3.63, 3.8) is 0 Å². The van der Waals surface area contributed by atoms with Crippen LogP contribution in [0.4, 0.5) is 0 Å². The number of ether oxygens (including phenoxy) is 3. The van der Waals surface area contributed by atoms with Crippen molar-refractivity contribution in [3.05, 3.63) is 11.1 Å². The first-order chi connectivity index (χ1) is 18.3. The lowest BCUT2D eigenvalue weighted by atomic mass is 9.48. The summed E-state index contributed by atoms with van der Waals surface area (Å²) in [5.41, 5.74) is 2.49. The Labute approximate surface area is 236 Å². The fourth-order valence-corrected chi connectivity index (χ4v) is 9.34. The van der Waals surface area contributed by atoms with Gasteiger partial charge in [0, 0.05) is 20.8 Å². The molecule has 0 heterocycles. The molecule has 9 atom stereocenters. The zero-order chi connectivity index (χ0) is 28.7. The lowest BCUT2D eigenvalue weighted by Gasteiger charge is -2.58. The Morgan fingerprint density at radius 3 is 2.08 bits per heavy atom. The minimum Gasteiger partial charge on any atom is -0.463 e. The molecule has 0 spiro atoms. The molecule has 0 bridgehead atoms. The molecule has 0 saturated heterocycles. The van der Waals surface area contributed by atoms with Gasteiger partial charge >= 0.3 is 17.9 Å². The summed E-state index contributed by atoms with van der Waals surface area (Å²) in [6.07, 6.45) is 9.37. The highest BCUT2D eigenvalue weighted by Gasteiger charge is 2.61. The topological polar surface area (TPSA) is 78.9 Å². The Hall–Kier alpha value is -1.85. The van der Waals surface area contributed by atoms with Crippen LogP contribution in [0.2, 0.25) is 0 Å². The lowest BCUT2D eigenvalue weighted by Crippen LogP contribution is -2.53. The van der Waals surface area contributed by atoms with Gasteiger partial charge in [-0.1, -0.05) is 53.9 Å². The van der Waals surface area contributed by atoms with Gasteiger partial charge in [0.25, 0.3) is 0 Å². The molecule has 0 unspecified atom stereocenters. The second kappa shape index (κ2) is 11.6. The van der Waals surface area contributed by atoms with E-state index in [-0.39, 0.29) is 53.0 Å². The van der Waals surface area contributed by atoms with Gasteiger partial charge in [-0.05, 0) is 96.5 Å². The van der Waals surface area contributed by atoms with Crippen LogP contribution in [0.3, 0.4) is 0 Å². The van der Waals surface area contributed by atoms with Crippen molar-refractivity contribution in [2.24, 2.45) is 40.4 Å². The van der Waals surface area contributed by atoms with Crippen molar-refractivity contribution < 1.29 is 28.6 Å². The molecule has 0 aromatic carbocycles. The lowest BCUT2D eigenvalue weighted by molar-refractivity contribution is -0.158. The summed E-state index contributed by atoms with van der Waals surface area (Å²) in [5, 5.41) is 0. The van der Waals surface area contributed by atoms with Gasteiger partial charge in [-0.15, -0.1) is 0 Å². The first kappa shape index (κ1) is 30.1. The largest absolute Gasteiger partial charge is 0.463 e. The van der Waals surface area contributed by atoms with Gasteiger partial charge in [0.05, 0.1) is 0 Å². The molecule has 3 fully saturated rings. The van der Waals surface area contributed by atoms with Crippen molar-refractivity contribution in [2.75, 3.05) is 0 Å². The Morgan fingerprint density at radius 2 is 1.46 bits per heavy atom. The molecule has 0 aromatic heterocycles. The summed E-state index contributed by atoms with van der Waals surface area (Å²) in [6, 6.07) is 0. The number of hydrogen-bond acceptors (Lipinski definition) is 6. The van der Waals surface area contributed by atoms with Gasteiger partial charge in [-0.2, -0.15) is 0 Å². The monoisotopic (exact) mass is 544 g/mol. The maximum atomic E-state index is 12.4. The van der Waals surface area contributed by atoms with E-state index in [0.717, 1.165) is 44.9 Å². The first-order valence-corrected chi connectivity index (χ1v) is 15.5. The molecule has 0 radical (unpaired) electrons. The molecule has 0 N–H and O–H groups in total. The second-order valence-corrected chi connectivity index (χ2v) is 14.2. The molecule has 6 heteroatoms. The molecule has 4 aliphatic rings. The standard InChI is InChI=1S/C33H52O6/c1-19(2)10-9-11-20(3)27-18-29(39-23(6)36)31-30-26(13-15-33(27,31)8)32(7)14-12-25(37-21(4)34)16-24(32)17-28(30)38-22(5)35/h19-20,24-29H,9-18H2,1-8H3/t20-,24-,25+,26+,27-,28-,29+,32+,33-/m1/s1. The normalized spacial score (nSPS) is 38.4. The predicted octanol–water partition coefficient (Wildman–Crippen LogP) is 7.19. The van der Waals surface area contributed by atoms with Gasteiger partial charge in [0.15, 0.2) is 0 Å². The molecule has 6 nitrogen and oxygen atoms in total. The zero-order valence-corrected chi connectivity index (χ0v) is 25.6. The van der Waals surface area contributed by atoms with E-state index in [2.05, 4.69) is 34.6 Å². The van der Waals surface area contributed by atoms with E-state index < -0.39 is 0 Å². The third kappa shape index (κ3) is 5.95. The van der Waals surface area contributed by atoms with Crippen LogP contribution in [0, 0.1) is 40.4 Å². The molecule has 0 aliphatic heterocycles. The minimum atomic E-state index is -0.315. The van der Waals surface area contributed by atoms with E-state index in [9.17, 15) is 14.4 Å². The number of hydrogen-bond donors (Lipinski definition) is 0. The SMILES string of the molecule is CC(=O)O[C@H]1CC[C@@]2(C)[C@H](C1)C[C@@H](OC(C)=O)C1=C3[C@@H](OC(C)=O)C[C@H]([C@H](C)CCCC(C)C)[C@@]3(C)CC[C@@H]12. The summed E-state index contributed by atoms with van der Waals surface area (Å²) >= 11 is 0. The van der Waals surface area contributed by atoms with Crippen LogP contribution in [0.25, 0.3) is 0 Å². The third-order valence-electron chi connectivity index (χ3n) is 11.1. The molecule has 4 rings (SSSR count). The summed E-state index contributed by atoms with van der Waals surface area (Å²) in [5.74, 6) is 1.51. The Kier molecular flexibility index (Phi) is 8.93. The molecule has 0 amide bonds. The van der Waals surface area contributed by atoms with E-state index in [1.165, 1.54) is 51.2 Å². The summed E-state index contributed by atoms with van der Waals surface area (Å²) in [7, 11) is 0. The van der Waals surface area contributed by atoms with Crippen LogP contribution in [0.5, 0.6) is 0 Å². The molecule has 0 aromatic rings. The van der Waals surface area contributed by atoms with E-state index in [1.807, 2.05) is 0 Å². The predicted molar refractivity (Wildman–Crippen MR) is 151 cm³/mol. The van der Waals surface area contributed by atoms with Crippen molar-refractivity contribution in [2.45, 2.75) is 138 Å². The first-order valence-electron chi connectivity index (χ1n) is 15.5. The van der Waals surface area contributed by atoms with E-state index in [0.29, 0.717) is 23.7 Å². The average molecular weight is 545 g/mol. The van der Waals surface area contributed by atoms with Crippen LogP contribution < -0.4 is 0 Å². The number of rotatable bonds is 8. The number of carbonyl (C=O) groups is 3. The van der Waals surface area contributed by atoms with Crippen LogP contribution in [0.1, 0.15) is 120 Å². The quantitative estimate of drug-likeness (QED) is 0.183. The molecule has 220 valence electrons. The second-order valence-electron chi connectivity index (χ2n) is 14.2. The van der Waals surface area contributed by atoms with E-state index >= 15 is 0 Å². The fourth-order valence-electron chi connectivity index (χ4n) is 9.34. The van der Waals surface area contributed by atoms with Crippen molar-refractivity contribution in [3.8, 4) is 0 Å². The summed E-state index contributed by atoms with van der Waals surface area (Å²) in [4.78, 5) is 36.5. The third-order valence-corrected chi connectivity index (χ3v) is 11.1. The minimum absolute atomic E-state index is 0.0404. The van der Waals surface area contributed by atoms with Crippen LogP contribution in [-0.4, -0.2) is 36.2 Å². The average Bonchev–Trinajstić information content (AvgIpc) is 3.10. The van der Waals surface area contributed by atoms with Gasteiger partial charge in [0.1, 0.15) is 18.3 Å². The van der Waals surface area contributed by atoms with E-state index in [1.54, 1.807) is 0 Å². The Balaban J connectivity index is 1.75. The Morgan fingerprint density at radius 1 is 0.821 bits per heavy atom. The van der Waals surface area contributed by atoms with Crippen LogP contribution in [-0.2, 0) is 28.6 Å². The molecule has 39 heavy (non-hydrogen) atoms. The Bertz CT molecular complexity index is 983. The highest BCUT2D eigenvalue weighted by Crippen LogP contribution is 2.66. The molecule has 4 aliphatic carbocycles. The number of esters is 3. The van der Waals surface area contributed by atoms with Gasteiger partial charge in [0.2, 0.25) is 0 Å². The summed E-state index contributed by atoms with van der Waals surface area (Å²) < 4.78 is 17.9. The van der Waals surface area contributed by atoms with Gasteiger partial charge < -0.3 is 14.2 Å². The van der Waals surface area contributed by atoms with Gasteiger partial charge in [-0.3, -0.25) is 14.4 Å². The van der Waals surface area contributed by atoms with Crippen LogP contribution in [0.15, 0.2) is 11.1 Å². The highest BCUT2D eigenvalue weighted by atomic mass is 16.6. The highest BCUT2D eigenvalue weighted by molar-refractivity contribution is 5.68. The molecular weight excluding hydrogens is 492 g/mol. The van der Waals surface area contributed by atoms with Crippen molar-refractivity contribution >= 4 is 17.9 Å². The maximum Gasteiger partial charge on any atom is 0.303 e. The fraction of sp³-hybridized carbons (Fsp3) is 0.848. The number of fused-ring (bicyclic) bond motifs is 4. The molecular formula is C33H52O6. The number of carbonyl (C=O) groups excluding carboxylic acids is 3.